The van der Waals surface area contributed by atoms with E-state index in [1.54, 1.807) is 0 Å². The lowest BCUT2D eigenvalue weighted by Crippen LogP contribution is -2.33. The highest BCUT2D eigenvalue weighted by molar-refractivity contribution is 7.89. The molecule has 0 aromatic heterocycles. The molecule has 0 unspecified atom stereocenters. The molecule has 0 radical (unpaired) electrons. The number of carboxylic acid groups (broad SMARTS) is 1. The van der Waals surface area contributed by atoms with E-state index in [0.29, 0.717) is 6.42 Å². The number of rotatable bonds is 10. The molecule has 0 aromatic rings. The first kappa shape index (κ1) is 20.2. The topological polar surface area (TPSA) is 83.5 Å². The average molecular weight is 333 g/mol. The summed E-state index contributed by atoms with van der Waals surface area (Å²) < 4.78 is 61.2. The van der Waals surface area contributed by atoms with Crippen molar-refractivity contribution in [2.45, 2.75) is 45.7 Å². The van der Waals surface area contributed by atoms with Gasteiger partial charge in [-0.05, 0) is 24.7 Å². The first-order chi connectivity index (χ1) is 9.41. The van der Waals surface area contributed by atoms with E-state index in [2.05, 4.69) is 4.72 Å². The summed E-state index contributed by atoms with van der Waals surface area (Å²) >= 11 is 0. The van der Waals surface area contributed by atoms with Gasteiger partial charge in [-0.25, -0.2) is 13.1 Å². The van der Waals surface area contributed by atoms with Crippen molar-refractivity contribution < 1.29 is 31.5 Å². The third-order valence-corrected chi connectivity index (χ3v) is 4.17. The highest BCUT2D eigenvalue weighted by Crippen LogP contribution is 2.21. The molecule has 0 saturated heterocycles. The number of halogens is 3. The van der Waals surface area contributed by atoms with Gasteiger partial charge in [0.2, 0.25) is 10.0 Å². The molecule has 21 heavy (non-hydrogen) atoms. The van der Waals surface area contributed by atoms with Gasteiger partial charge in [0, 0.05) is 19.4 Å². The Morgan fingerprint density at radius 3 is 2.29 bits per heavy atom. The second-order valence-corrected chi connectivity index (χ2v) is 7.41. The van der Waals surface area contributed by atoms with Crippen LogP contribution in [0, 0.1) is 11.8 Å². The smallest absolute Gasteiger partial charge is 0.389 e. The molecule has 0 fully saturated rings. The fourth-order valence-electron chi connectivity index (χ4n) is 1.93. The summed E-state index contributed by atoms with van der Waals surface area (Å²) in [5.41, 5.74) is 0. The molecule has 9 heteroatoms. The van der Waals surface area contributed by atoms with Crippen LogP contribution in [0.2, 0.25) is 0 Å². The van der Waals surface area contributed by atoms with E-state index in [1.165, 1.54) is 0 Å². The van der Waals surface area contributed by atoms with E-state index in [-0.39, 0.29) is 24.8 Å². The minimum absolute atomic E-state index is 0.0706. The first-order valence-electron chi connectivity index (χ1n) is 6.67. The second-order valence-electron chi connectivity index (χ2n) is 5.48. The lowest BCUT2D eigenvalue weighted by molar-refractivity contribution is -0.138. The molecule has 0 spiro atoms. The summed E-state index contributed by atoms with van der Waals surface area (Å²) in [6.07, 6.45) is -5.69. The number of hydrogen-bond donors (Lipinski definition) is 2. The van der Waals surface area contributed by atoms with Gasteiger partial charge in [-0.2, -0.15) is 13.2 Å². The molecule has 0 heterocycles. The highest BCUT2D eigenvalue weighted by Gasteiger charge is 2.27. The summed E-state index contributed by atoms with van der Waals surface area (Å²) in [4.78, 5) is 10.7. The van der Waals surface area contributed by atoms with E-state index >= 15 is 0 Å². The van der Waals surface area contributed by atoms with Gasteiger partial charge in [-0.15, -0.1) is 0 Å². The third-order valence-electron chi connectivity index (χ3n) is 2.73. The van der Waals surface area contributed by atoms with Gasteiger partial charge in [-0.1, -0.05) is 13.8 Å². The van der Waals surface area contributed by atoms with Crippen LogP contribution in [0.5, 0.6) is 0 Å². The van der Waals surface area contributed by atoms with Crippen molar-refractivity contribution in [3.63, 3.8) is 0 Å². The summed E-state index contributed by atoms with van der Waals surface area (Å²) in [6, 6.07) is 0. The van der Waals surface area contributed by atoms with Crippen LogP contribution in [-0.4, -0.2) is 38.0 Å². The van der Waals surface area contributed by atoms with Crippen molar-refractivity contribution in [3.05, 3.63) is 0 Å². The monoisotopic (exact) mass is 333 g/mol. The van der Waals surface area contributed by atoms with E-state index in [9.17, 15) is 26.4 Å². The molecule has 1 atom stereocenters. The Hall–Kier alpha value is -0.830. The number of alkyl halides is 3. The lowest BCUT2D eigenvalue weighted by Gasteiger charge is -2.18. The van der Waals surface area contributed by atoms with Crippen molar-refractivity contribution in [1.82, 2.24) is 4.72 Å². The van der Waals surface area contributed by atoms with Crippen LogP contribution in [0.15, 0.2) is 0 Å². The van der Waals surface area contributed by atoms with Crippen molar-refractivity contribution in [1.29, 1.82) is 0 Å². The van der Waals surface area contributed by atoms with Crippen LogP contribution in [-0.2, 0) is 14.8 Å². The molecule has 0 bridgehead atoms. The Bertz CT molecular complexity index is 421. The zero-order valence-electron chi connectivity index (χ0n) is 12.1. The van der Waals surface area contributed by atoms with Crippen LogP contribution in [0.3, 0.4) is 0 Å². The average Bonchev–Trinajstić information content (AvgIpc) is 2.22. The second kappa shape index (κ2) is 8.57. The van der Waals surface area contributed by atoms with E-state index in [1.807, 2.05) is 13.8 Å². The quantitative estimate of drug-likeness (QED) is 0.643. The largest absolute Gasteiger partial charge is 0.481 e. The molecular weight excluding hydrogens is 311 g/mol. The Balaban J connectivity index is 4.32. The molecule has 5 nitrogen and oxygen atoms in total. The van der Waals surface area contributed by atoms with Crippen molar-refractivity contribution in [2.24, 2.45) is 11.8 Å². The summed E-state index contributed by atoms with van der Waals surface area (Å²) in [7, 11) is -3.81. The van der Waals surface area contributed by atoms with E-state index in [4.69, 9.17) is 5.11 Å². The molecule has 126 valence electrons. The normalized spacial score (nSPS) is 14.4. The first-order valence-corrected chi connectivity index (χ1v) is 8.32. The molecule has 0 aliphatic carbocycles. The Morgan fingerprint density at radius 2 is 1.86 bits per heavy atom. The zero-order chi connectivity index (χ0) is 16.7. The number of nitrogens with one attached hydrogen (secondary N) is 1. The van der Waals surface area contributed by atoms with Gasteiger partial charge >= 0.3 is 12.1 Å². The van der Waals surface area contributed by atoms with Gasteiger partial charge < -0.3 is 5.11 Å². The molecule has 0 amide bonds. The van der Waals surface area contributed by atoms with E-state index in [0.717, 1.165) is 0 Å². The van der Waals surface area contributed by atoms with Crippen molar-refractivity contribution in [2.75, 3.05) is 12.3 Å². The fourth-order valence-corrected chi connectivity index (χ4v) is 3.09. The number of carboxylic acids is 1. The van der Waals surface area contributed by atoms with Crippen LogP contribution in [0.25, 0.3) is 0 Å². The SMILES string of the molecule is CC(C)C[C@H](CNS(=O)(=O)CCCC(F)(F)F)CC(=O)O. The minimum Gasteiger partial charge on any atom is -0.481 e. The predicted molar refractivity (Wildman–Crippen MR) is 72.3 cm³/mol. The molecule has 0 aliphatic heterocycles. The van der Waals surface area contributed by atoms with Crippen LogP contribution < -0.4 is 4.72 Å². The molecule has 0 saturated carbocycles. The summed E-state index contributed by atoms with van der Waals surface area (Å²) in [6.45, 7) is 3.69. The van der Waals surface area contributed by atoms with Gasteiger partial charge in [0.25, 0.3) is 0 Å². The summed E-state index contributed by atoms with van der Waals surface area (Å²) in [5, 5.41) is 8.75. The Labute approximate surface area is 123 Å². The fraction of sp³-hybridized carbons (Fsp3) is 0.917. The molecule has 2 N–H and O–H groups in total. The number of aliphatic carboxylic acids is 1. The third kappa shape index (κ3) is 12.6. The Kier molecular flexibility index (Phi) is 8.23. The van der Waals surface area contributed by atoms with Crippen molar-refractivity contribution >= 4 is 16.0 Å². The predicted octanol–water partition coefficient (Wildman–Crippen LogP) is 2.39. The Morgan fingerprint density at radius 1 is 1.29 bits per heavy atom. The van der Waals surface area contributed by atoms with Crippen molar-refractivity contribution in [3.8, 4) is 0 Å². The van der Waals surface area contributed by atoms with Gasteiger partial charge in [-0.3, -0.25) is 4.79 Å². The maximum absolute atomic E-state index is 12.0. The van der Waals surface area contributed by atoms with E-state index < -0.39 is 40.8 Å². The minimum atomic E-state index is -4.38. The summed E-state index contributed by atoms with van der Waals surface area (Å²) in [5.74, 6) is -1.82. The standard InChI is InChI=1S/C12H22F3NO4S/c1-9(2)6-10(7-11(17)18)8-16-21(19,20)5-3-4-12(13,14)15/h9-10,16H,3-8H2,1-2H3,(H,17,18)/t10-/m0/s1. The van der Waals surface area contributed by atoms with Crippen LogP contribution in [0.4, 0.5) is 13.2 Å². The van der Waals surface area contributed by atoms with Gasteiger partial charge in [0.05, 0.1) is 5.75 Å². The maximum Gasteiger partial charge on any atom is 0.389 e. The van der Waals surface area contributed by atoms with Crippen LogP contribution in [0.1, 0.15) is 39.5 Å². The van der Waals surface area contributed by atoms with Gasteiger partial charge in [0.1, 0.15) is 0 Å². The molecule has 0 aliphatic rings. The van der Waals surface area contributed by atoms with Gasteiger partial charge in [0.15, 0.2) is 0 Å². The van der Waals surface area contributed by atoms with Crippen LogP contribution >= 0.6 is 0 Å². The molecule has 0 aromatic carbocycles. The number of carbonyl (C=O) groups is 1. The molecular formula is C12H22F3NO4S. The highest BCUT2D eigenvalue weighted by atomic mass is 32.2. The lowest BCUT2D eigenvalue weighted by atomic mass is 9.94. The number of sulfonamides is 1. The maximum atomic E-state index is 12.0. The molecule has 0 rings (SSSR count). The number of hydrogen-bond acceptors (Lipinski definition) is 3. The zero-order valence-corrected chi connectivity index (χ0v) is 12.9.